The molecule has 1 aliphatic rings. The second-order valence-electron chi connectivity index (χ2n) is 7.79. The molecule has 0 radical (unpaired) electrons. The average Bonchev–Trinajstić information content (AvgIpc) is 2.76. The van der Waals surface area contributed by atoms with E-state index < -0.39 is 5.63 Å². The number of alkyl carbamates (subject to hydrolysis) is 1. The number of thiol groups is 1. The molecule has 1 atom stereocenters. The summed E-state index contributed by atoms with van der Waals surface area (Å²) in [4.78, 5) is 27.4. The van der Waals surface area contributed by atoms with Crippen LogP contribution in [-0.2, 0) is 4.74 Å². The van der Waals surface area contributed by atoms with Gasteiger partial charge in [0.15, 0.2) is 6.39 Å². The van der Waals surface area contributed by atoms with E-state index in [1.807, 2.05) is 0 Å². The summed E-state index contributed by atoms with van der Waals surface area (Å²) in [5.41, 5.74) is 0.147. The van der Waals surface area contributed by atoms with Crippen LogP contribution in [0.15, 0.2) is 33.8 Å². The zero-order valence-electron chi connectivity index (χ0n) is 17.3. The highest BCUT2D eigenvalue weighted by Crippen LogP contribution is 2.35. The molecule has 0 bridgehead atoms. The van der Waals surface area contributed by atoms with E-state index in [9.17, 15) is 9.59 Å². The first-order chi connectivity index (χ1) is 14.6. The Kier molecular flexibility index (Phi) is 8.42. The van der Waals surface area contributed by atoms with Gasteiger partial charge in [-0.3, -0.25) is 0 Å². The minimum Gasteiger partial charge on any atom is -0.493 e. The number of hydrogen-bond acceptors (Lipinski definition) is 7. The molecule has 0 aliphatic heterocycles. The summed E-state index contributed by atoms with van der Waals surface area (Å²) in [7, 11) is 0. The molecule has 1 aromatic heterocycles. The summed E-state index contributed by atoms with van der Waals surface area (Å²) in [5.74, 6) is 3.18. The lowest BCUT2D eigenvalue weighted by Gasteiger charge is -2.33. The van der Waals surface area contributed by atoms with Crippen LogP contribution < -0.4 is 15.7 Å². The number of rotatable bonds is 9. The summed E-state index contributed by atoms with van der Waals surface area (Å²) in [6.07, 6.45) is 6.27. The van der Waals surface area contributed by atoms with Crippen molar-refractivity contribution in [1.82, 2.24) is 10.3 Å². The maximum atomic E-state index is 11.7. The Hall–Kier alpha value is -2.22. The molecule has 7 nitrogen and oxygen atoms in total. The van der Waals surface area contributed by atoms with Crippen LogP contribution in [0.5, 0.6) is 5.75 Å². The van der Waals surface area contributed by atoms with Crippen molar-refractivity contribution in [3.8, 4) is 5.75 Å². The highest BCUT2D eigenvalue weighted by atomic mass is 32.1. The van der Waals surface area contributed by atoms with Crippen molar-refractivity contribution >= 4 is 29.6 Å². The third-order valence-corrected chi connectivity index (χ3v) is 6.40. The Balaban J connectivity index is 1.62. The summed E-state index contributed by atoms with van der Waals surface area (Å²) in [5, 5.41) is 3.25. The van der Waals surface area contributed by atoms with Gasteiger partial charge in [-0.25, -0.2) is 14.6 Å². The molecule has 1 aliphatic carbocycles. The van der Waals surface area contributed by atoms with E-state index in [4.69, 9.17) is 13.9 Å². The van der Waals surface area contributed by atoms with Gasteiger partial charge in [-0.05, 0) is 74.7 Å². The Morgan fingerprint density at radius 2 is 2.13 bits per heavy atom. The molecule has 1 amide bonds. The van der Waals surface area contributed by atoms with E-state index in [0.717, 1.165) is 31.4 Å². The van der Waals surface area contributed by atoms with Gasteiger partial charge in [0.2, 0.25) is 0 Å². The molecule has 1 unspecified atom stereocenters. The minimum absolute atomic E-state index is 0.317. The number of benzene rings is 1. The fourth-order valence-electron chi connectivity index (χ4n) is 4.12. The third kappa shape index (κ3) is 6.14. The maximum absolute atomic E-state index is 11.7. The van der Waals surface area contributed by atoms with Crippen LogP contribution in [0.4, 0.5) is 4.79 Å². The number of hydrogen-bond donors (Lipinski definition) is 2. The van der Waals surface area contributed by atoms with E-state index in [0.29, 0.717) is 54.2 Å². The van der Waals surface area contributed by atoms with Crippen molar-refractivity contribution < 1.29 is 18.7 Å². The summed E-state index contributed by atoms with van der Waals surface area (Å²) < 4.78 is 15.8. The zero-order chi connectivity index (χ0) is 21.3. The molecule has 3 rings (SSSR count). The number of nitrogens with zero attached hydrogens (tertiary/aromatic N) is 1. The van der Waals surface area contributed by atoms with Crippen molar-refractivity contribution in [2.45, 2.75) is 39.0 Å². The molecule has 8 heteroatoms. The molecule has 30 heavy (non-hydrogen) atoms. The SMILES string of the molecule is CCOC(=O)NCCC(COc1ccc2c(=O)ocnc2c1)C1CCC(CS)CC1. The number of aromatic nitrogens is 1. The molecule has 1 N–H and O–H groups in total. The third-order valence-electron chi connectivity index (χ3n) is 5.88. The van der Waals surface area contributed by atoms with Crippen LogP contribution in [-0.4, -0.2) is 36.6 Å². The summed E-state index contributed by atoms with van der Waals surface area (Å²) in [6, 6.07) is 5.21. The molecule has 1 heterocycles. The van der Waals surface area contributed by atoms with Crippen LogP contribution in [0, 0.1) is 17.8 Å². The van der Waals surface area contributed by atoms with Gasteiger partial charge in [0.1, 0.15) is 5.75 Å². The largest absolute Gasteiger partial charge is 0.493 e. The lowest BCUT2D eigenvalue weighted by molar-refractivity contribution is 0.133. The molecule has 0 spiro atoms. The molecule has 2 aromatic rings. The van der Waals surface area contributed by atoms with Crippen LogP contribution in [0.1, 0.15) is 39.0 Å². The smallest absolute Gasteiger partial charge is 0.407 e. The Bertz CT molecular complexity index is 879. The molecular weight excluding hydrogens is 404 g/mol. The minimum atomic E-state index is -0.407. The number of carbonyl (C=O) groups excluding carboxylic acids is 1. The molecule has 1 aromatic carbocycles. The average molecular weight is 435 g/mol. The summed E-state index contributed by atoms with van der Waals surface area (Å²) in [6.45, 7) is 3.26. The standard InChI is InChI=1S/C22H30N2O5S/c1-2-27-22(26)23-10-9-17(16-5-3-15(13-30)4-6-16)12-28-18-7-8-19-20(11-18)24-14-29-21(19)25/h7-8,11,14-17,30H,2-6,9-10,12-13H2,1H3,(H,23,26). The first kappa shape index (κ1) is 22.5. The van der Waals surface area contributed by atoms with Gasteiger partial charge in [0.25, 0.3) is 0 Å². The van der Waals surface area contributed by atoms with Crippen LogP contribution in [0.3, 0.4) is 0 Å². The Labute approximate surface area is 181 Å². The van der Waals surface area contributed by atoms with E-state index in [1.54, 1.807) is 25.1 Å². The molecular formula is C22H30N2O5S. The van der Waals surface area contributed by atoms with Gasteiger partial charge in [-0.2, -0.15) is 12.6 Å². The quantitative estimate of drug-likeness (QED) is 0.579. The van der Waals surface area contributed by atoms with Crippen molar-refractivity contribution in [3.63, 3.8) is 0 Å². The van der Waals surface area contributed by atoms with Gasteiger partial charge in [0.05, 0.1) is 24.1 Å². The number of carbonyl (C=O) groups is 1. The van der Waals surface area contributed by atoms with E-state index in [-0.39, 0.29) is 6.09 Å². The van der Waals surface area contributed by atoms with Gasteiger partial charge in [-0.15, -0.1) is 0 Å². The lowest BCUT2D eigenvalue weighted by Crippen LogP contribution is -2.32. The van der Waals surface area contributed by atoms with E-state index in [1.165, 1.54) is 12.8 Å². The van der Waals surface area contributed by atoms with Crippen LogP contribution in [0.2, 0.25) is 0 Å². The first-order valence-corrected chi connectivity index (χ1v) is 11.3. The van der Waals surface area contributed by atoms with Crippen molar-refractivity contribution in [3.05, 3.63) is 35.0 Å². The molecule has 164 valence electrons. The fourth-order valence-corrected chi connectivity index (χ4v) is 4.48. The predicted molar refractivity (Wildman–Crippen MR) is 118 cm³/mol. The van der Waals surface area contributed by atoms with Crippen LogP contribution >= 0.6 is 12.6 Å². The van der Waals surface area contributed by atoms with Gasteiger partial charge in [-0.1, -0.05) is 0 Å². The van der Waals surface area contributed by atoms with Crippen molar-refractivity contribution in [2.75, 3.05) is 25.5 Å². The van der Waals surface area contributed by atoms with E-state index >= 15 is 0 Å². The van der Waals surface area contributed by atoms with E-state index in [2.05, 4.69) is 22.9 Å². The molecule has 1 fully saturated rings. The van der Waals surface area contributed by atoms with Gasteiger partial charge < -0.3 is 19.2 Å². The van der Waals surface area contributed by atoms with Crippen LogP contribution in [0.25, 0.3) is 10.9 Å². The zero-order valence-corrected chi connectivity index (χ0v) is 18.2. The lowest BCUT2D eigenvalue weighted by atomic mass is 9.75. The first-order valence-electron chi connectivity index (χ1n) is 10.6. The fraction of sp³-hybridized carbons (Fsp3) is 0.591. The van der Waals surface area contributed by atoms with Gasteiger partial charge in [0, 0.05) is 12.6 Å². The predicted octanol–water partition coefficient (Wildman–Crippen LogP) is 4.06. The Morgan fingerprint density at radius 3 is 2.87 bits per heavy atom. The van der Waals surface area contributed by atoms with Gasteiger partial charge >= 0.3 is 11.7 Å². The van der Waals surface area contributed by atoms with Crippen molar-refractivity contribution in [1.29, 1.82) is 0 Å². The maximum Gasteiger partial charge on any atom is 0.407 e. The Morgan fingerprint density at radius 1 is 1.33 bits per heavy atom. The second-order valence-corrected chi connectivity index (χ2v) is 8.15. The topological polar surface area (TPSA) is 90.7 Å². The molecule has 1 saturated carbocycles. The number of ether oxygens (including phenoxy) is 2. The normalized spacial score (nSPS) is 19.9. The monoisotopic (exact) mass is 434 g/mol. The van der Waals surface area contributed by atoms with Crippen molar-refractivity contribution in [2.24, 2.45) is 17.8 Å². The summed E-state index contributed by atoms with van der Waals surface area (Å²) >= 11 is 4.45. The number of nitrogens with one attached hydrogen (secondary N) is 1. The highest BCUT2D eigenvalue weighted by Gasteiger charge is 2.27. The second kappa shape index (κ2) is 11.2. The number of amides is 1. The molecule has 0 saturated heterocycles. The number of fused-ring (bicyclic) bond motifs is 1. The highest BCUT2D eigenvalue weighted by molar-refractivity contribution is 7.80.